The minimum atomic E-state index is -0.634. The normalized spacial score (nSPS) is 33.1. The molecule has 0 saturated heterocycles. The van der Waals surface area contributed by atoms with Crippen molar-refractivity contribution in [1.29, 1.82) is 0 Å². The number of carbonyl (C=O) groups is 2. The van der Waals surface area contributed by atoms with Gasteiger partial charge in [-0.25, -0.2) is 0 Å². The van der Waals surface area contributed by atoms with E-state index in [2.05, 4.69) is 23.3 Å². The Morgan fingerprint density at radius 2 is 1.91 bits per heavy atom. The first-order chi connectivity index (χ1) is 10.2. The zero-order chi connectivity index (χ0) is 16.3. The summed E-state index contributed by atoms with van der Waals surface area (Å²) in [4.78, 5) is 26.3. The Bertz CT molecular complexity index is 664. The number of fused-ring (bicyclic) bond motifs is 2. The van der Waals surface area contributed by atoms with Crippen molar-refractivity contribution in [2.24, 2.45) is 16.7 Å². The van der Waals surface area contributed by atoms with Gasteiger partial charge in [-0.05, 0) is 48.4 Å². The summed E-state index contributed by atoms with van der Waals surface area (Å²) in [6.45, 7) is 8.14. The molecule has 0 aliphatic heterocycles. The number of benzene rings is 1. The van der Waals surface area contributed by atoms with Gasteiger partial charge in [0.2, 0.25) is 0 Å². The predicted molar refractivity (Wildman–Crippen MR) is 88.9 cm³/mol. The number of rotatable bonds is 2. The van der Waals surface area contributed by atoms with Crippen LogP contribution in [0.5, 0.6) is 5.75 Å². The molecule has 0 spiro atoms. The molecule has 0 N–H and O–H groups in total. The Morgan fingerprint density at radius 1 is 1.23 bits per heavy atom. The minimum Gasteiger partial charge on any atom is -0.480 e. The molecule has 2 aliphatic rings. The maximum Gasteiger partial charge on any atom is 0.154 e. The van der Waals surface area contributed by atoms with Gasteiger partial charge in [0.15, 0.2) is 11.6 Å². The topological polar surface area (TPSA) is 43.4 Å². The van der Waals surface area contributed by atoms with Crippen LogP contribution in [0.4, 0.5) is 0 Å². The average molecular weight is 318 g/mol. The van der Waals surface area contributed by atoms with Gasteiger partial charge in [-0.1, -0.05) is 26.8 Å². The Kier molecular flexibility index (Phi) is 3.49. The number of hydrogen-bond donors (Lipinski definition) is 0. The molecular weight excluding hydrogens is 295 g/mol. The van der Waals surface area contributed by atoms with Crippen LogP contribution < -0.4 is 4.52 Å². The van der Waals surface area contributed by atoms with Crippen molar-refractivity contribution in [2.45, 2.75) is 46.5 Å². The highest BCUT2D eigenvalue weighted by atomic mass is 31.0. The largest absolute Gasteiger partial charge is 0.480 e. The smallest absolute Gasteiger partial charge is 0.154 e. The molecule has 22 heavy (non-hydrogen) atoms. The molecule has 118 valence electrons. The van der Waals surface area contributed by atoms with Crippen LogP contribution in [-0.4, -0.2) is 11.6 Å². The lowest BCUT2D eigenvalue weighted by Gasteiger charge is -2.46. The Morgan fingerprint density at radius 3 is 2.55 bits per heavy atom. The van der Waals surface area contributed by atoms with Crippen molar-refractivity contribution >= 4 is 21.0 Å². The van der Waals surface area contributed by atoms with Gasteiger partial charge >= 0.3 is 0 Å². The van der Waals surface area contributed by atoms with E-state index in [-0.39, 0.29) is 22.9 Å². The van der Waals surface area contributed by atoms with Crippen LogP contribution in [0.25, 0.3) is 0 Å². The molecule has 0 aromatic heterocycles. The lowest BCUT2D eigenvalue weighted by Crippen LogP contribution is -2.52. The third-order valence-corrected chi connectivity index (χ3v) is 6.63. The summed E-state index contributed by atoms with van der Waals surface area (Å²) in [6.07, 6.45) is 1.63. The molecule has 4 atom stereocenters. The van der Waals surface area contributed by atoms with Crippen LogP contribution in [0.2, 0.25) is 0 Å². The van der Waals surface area contributed by atoms with E-state index < -0.39 is 11.3 Å². The quantitative estimate of drug-likeness (QED) is 0.614. The molecular formula is C18H23O3P. The Labute approximate surface area is 134 Å². The number of ketones is 2. The standard InChI is InChI=1S/C18H23O3P/c1-10-5-6-11(21-22)9-12(10)14-15(19)13-7-8-18(4,16(14)20)17(13,2)3/h5-6,9,13-14H,7-8,22H2,1-4H3. The van der Waals surface area contributed by atoms with Crippen molar-refractivity contribution < 1.29 is 14.1 Å². The number of hydrogen-bond acceptors (Lipinski definition) is 3. The van der Waals surface area contributed by atoms with Crippen LogP contribution >= 0.6 is 9.47 Å². The van der Waals surface area contributed by atoms with E-state index in [0.29, 0.717) is 5.75 Å². The van der Waals surface area contributed by atoms with E-state index in [9.17, 15) is 9.59 Å². The van der Waals surface area contributed by atoms with E-state index in [1.165, 1.54) is 0 Å². The van der Waals surface area contributed by atoms with Crippen molar-refractivity contribution in [1.82, 2.24) is 0 Å². The van der Waals surface area contributed by atoms with Gasteiger partial charge < -0.3 is 4.52 Å². The van der Waals surface area contributed by atoms with Crippen LogP contribution in [-0.2, 0) is 9.59 Å². The second kappa shape index (κ2) is 4.89. The van der Waals surface area contributed by atoms with E-state index >= 15 is 0 Å². The molecule has 0 heterocycles. The first-order valence-corrected chi connectivity index (χ1v) is 8.26. The second-order valence-corrected chi connectivity index (χ2v) is 7.72. The highest BCUT2D eigenvalue weighted by molar-refractivity contribution is 7.10. The predicted octanol–water partition coefficient (Wildman–Crippen LogP) is 3.84. The molecule has 2 bridgehead atoms. The van der Waals surface area contributed by atoms with Crippen molar-refractivity contribution in [3.05, 3.63) is 29.3 Å². The van der Waals surface area contributed by atoms with Crippen molar-refractivity contribution in [3.8, 4) is 5.75 Å². The lowest BCUT2D eigenvalue weighted by atomic mass is 9.54. The molecule has 3 nitrogen and oxygen atoms in total. The van der Waals surface area contributed by atoms with Crippen LogP contribution in [0.3, 0.4) is 0 Å². The first-order valence-electron chi connectivity index (χ1n) is 7.79. The lowest BCUT2D eigenvalue weighted by molar-refractivity contribution is -0.149. The monoisotopic (exact) mass is 318 g/mol. The Hall–Kier alpha value is -1.21. The highest BCUT2D eigenvalue weighted by Crippen LogP contribution is 2.62. The summed E-state index contributed by atoms with van der Waals surface area (Å²) in [5.74, 6) is 0.175. The zero-order valence-electron chi connectivity index (χ0n) is 13.6. The molecule has 1 aromatic rings. The van der Waals surface area contributed by atoms with E-state index in [1.54, 1.807) is 0 Å². The fourth-order valence-corrected chi connectivity index (χ4v) is 4.53. The fraction of sp³-hybridized carbons (Fsp3) is 0.556. The molecule has 4 heteroatoms. The van der Waals surface area contributed by atoms with Crippen molar-refractivity contribution in [2.75, 3.05) is 0 Å². The third-order valence-electron chi connectivity index (χ3n) is 6.36. The summed E-state index contributed by atoms with van der Waals surface area (Å²) in [5.41, 5.74) is 1.12. The van der Waals surface area contributed by atoms with E-state index in [0.717, 1.165) is 24.0 Å². The maximum atomic E-state index is 13.2. The molecule has 2 fully saturated rings. The van der Waals surface area contributed by atoms with Gasteiger partial charge in [0.1, 0.15) is 11.7 Å². The SMILES string of the molecule is Cc1ccc(OP)cc1C1C(=O)C2CCC(C)(C1=O)C2(C)C. The summed E-state index contributed by atoms with van der Waals surface area (Å²) < 4.78 is 5.20. The van der Waals surface area contributed by atoms with Crippen LogP contribution in [0.15, 0.2) is 18.2 Å². The van der Waals surface area contributed by atoms with E-state index in [1.807, 2.05) is 32.0 Å². The van der Waals surface area contributed by atoms with Crippen LogP contribution in [0.1, 0.15) is 50.7 Å². The molecule has 3 rings (SSSR count). The highest BCUT2D eigenvalue weighted by Gasteiger charge is 2.64. The molecule has 0 amide bonds. The average Bonchev–Trinajstić information content (AvgIpc) is 2.65. The molecule has 2 aliphatic carbocycles. The molecule has 4 unspecified atom stereocenters. The molecule has 0 radical (unpaired) electrons. The maximum absolute atomic E-state index is 13.2. The van der Waals surface area contributed by atoms with Gasteiger partial charge in [-0.15, -0.1) is 0 Å². The van der Waals surface area contributed by atoms with Gasteiger partial charge in [-0.2, -0.15) is 0 Å². The third kappa shape index (κ3) is 1.84. The second-order valence-electron chi connectivity index (χ2n) is 7.48. The summed E-state index contributed by atoms with van der Waals surface area (Å²) in [7, 11) is 2.21. The first kappa shape index (κ1) is 15.7. The van der Waals surface area contributed by atoms with E-state index in [4.69, 9.17) is 4.52 Å². The van der Waals surface area contributed by atoms with Gasteiger partial charge in [0.25, 0.3) is 0 Å². The van der Waals surface area contributed by atoms with Crippen molar-refractivity contribution in [3.63, 3.8) is 0 Å². The van der Waals surface area contributed by atoms with Gasteiger partial charge in [-0.3, -0.25) is 9.59 Å². The van der Waals surface area contributed by atoms with Gasteiger partial charge in [0.05, 0.1) is 9.47 Å². The summed E-state index contributed by atoms with van der Waals surface area (Å²) in [5, 5.41) is 0. The minimum absolute atomic E-state index is 0.0276. The van der Waals surface area contributed by atoms with Gasteiger partial charge in [0, 0.05) is 11.3 Å². The molecule has 2 saturated carbocycles. The number of aryl methyl sites for hydroxylation is 1. The molecule has 1 aromatic carbocycles. The Balaban J connectivity index is 2.14. The number of carbonyl (C=O) groups excluding carboxylic acids is 2. The zero-order valence-corrected chi connectivity index (χ0v) is 14.8. The fourth-order valence-electron chi connectivity index (χ4n) is 4.39. The van der Waals surface area contributed by atoms with Crippen LogP contribution in [0, 0.1) is 23.7 Å². The summed E-state index contributed by atoms with van der Waals surface area (Å²) in [6, 6.07) is 5.60. The summed E-state index contributed by atoms with van der Waals surface area (Å²) >= 11 is 0. The number of Topliss-reactive ketones (excluding diaryl/α,β-unsaturated/α-hetero) is 2.